The van der Waals surface area contributed by atoms with E-state index in [0.717, 1.165) is 30.5 Å². The van der Waals surface area contributed by atoms with E-state index in [4.69, 9.17) is 14.0 Å². The number of alkyl halides is 3. The molecule has 4 aliphatic rings. The van der Waals surface area contributed by atoms with E-state index >= 15 is 0 Å². The van der Waals surface area contributed by atoms with Crippen LogP contribution in [0.25, 0.3) is 0 Å². The molecule has 0 amide bonds. The van der Waals surface area contributed by atoms with E-state index < -0.39 is 51.5 Å². The third kappa shape index (κ3) is 3.92. The lowest BCUT2D eigenvalue weighted by atomic mass is 9.65. The first-order valence-electron chi connectivity index (χ1n) is 11.6. The van der Waals surface area contributed by atoms with Gasteiger partial charge in [0, 0.05) is 5.92 Å². The average molecular weight is 501 g/mol. The van der Waals surface area contributed by atoms with Crippen LogP contribution in [-0.4, -0.2) is 36.9 Å². The molecule has 5 rings (SSSR count). The van der Waals surface area contributed by atoms with Crippen molar-refractivity contribution in [2.75, 3.05) is 12.4 Å². The highest BCUT2D eigenvalue weighted by Gasteiger charge is 2.67. The molecule has 4 fully saturated rings. The highest BCUT2D eigenvalue weighted by atomic mass is 32.2. The molecular weight excluding hydrogens is 473 g/mol. The molecule has 4 aliphatic carbocycles. The third-order valence-electron chi connectivity index (χ3n) is 8.56. The van der Waals surface area contributed by atoms with E-state index in [2.05, 4.69) is 6.58 Å². The predicted octanol–water partition coefficient (Wildman–Crippen LogP) is 4.76. The first-order chi connectivity index (χ1) is 15.9. The van der Waals surface area contributed by atoms with Gasteiger partial charge in [0.15, 0.2) is 0 Å². The highest BCUT2D eigenvalue weighted by Crippen LogP contribution is 2.70. The molecule has 34 heavy (non-hydrogen) atoms. The van der Waals surface area contributed by atoms with Crippen LogP contribution in [-0.2, 0) is 21.0 Å². The summed E-state index contributed by atoms with van der Waals surface area (Å²) < 4.78 is 82.9. The van der Waals surface area contributed by atoms with Crippen LogP contribution in [0.15, 0.2) is 30.9 Å². The second-order valence-corrected chi connectivity index (χ2v) is 11.8. The van der Waals surface area contributed by atoms with Gasteiger partial charge in [-0.3, -0.25) is 4.55 Å². The zero-order valence-electron chi connectivity index (χ0n) is 18.5. The molecule has 7 atom stereocenters. The first-order valence-corrected chi connectivity index (χ1v) is 13.2. The van der Waals surface area contributed by atoms with Crippen molar-refractivity contribution in [2.45, 2.75) is 43.9 Å². The number of carbonyl (C=O) groups excluding carboxylic acids is 1. The SMILES string of the molecule is C=CC1(Oc2cc(C(=O)OCCS(=O)(=O)O)ccc2C(F)(F)F)CC2CC1C1C3CCC(C3)C21. The summed E-state index contributed by atoms with van der Waals surface area (Å²) in [6.07, 6.45) is 2.11. The molecule has 0 spiro atoms. The van der Waals surface area contributed by atoms with E-state index in [1.54, 1.807) is 6.08 Å². The number of ether oxygens (including phenoxy) is 2. The molecule has 6 nitrogen and oxygen atoms in total. The number of esters is 1. The monoisotopic (exact) mass is 500 g/mol. The second kappa shape index (κ2) is 7.98. The quantitative estimate of drug-likeness (QED) is 0.251. The fourth-order valence-electron chi connectivity index (χ4n) is 7.51. The molecule has 1 aromatic rings. The second-order valence-electron chi connectivity index (χ2n) is 10.2. The smallest absolute Gasteiger partial charge is 0.419 e. The average Bonchev–Trinajstić information content (AvgIpc) is 3.51. The normalized spacial score (nSPS) is 35.9. The van der Waals surface area contributed by atoms with Crippen molar-refractivity contribution in [1.82, 2.24) is 0 Å². The number of carbonyl (C=O) groups is 1. The summed E-state index contributed by atoms with van der Waals surface area (Å²) in [6.45, 7) is 3.32. The maximum atomic E-state index is 13.8. The van der Waals surface area contributed by atoms with E-state index in [-0.39, 0.29) is 11.5 Å². The van der Waals surface area contributed by atoms with Gasteiger partial charge in [-0.1, -0.05) is 6.58 Å². The molecule has 0 aromatic heterocycles. The maximum absolute atomic E-state index is 13.8. The van der Waals surface area contributed by atoms with Gasteiger partial charge in [-0.25, -0.2) is 4.79 Å². The van der Waals surface area contributed by atoms with E-state index in [9.17, 15) is 26.4 Å². The Bertz CT molecular complexity index is 1120. The lowest BCUT2D eigenvalue weighted by Gasteiger charge is -2.45. The van der Waals surface area contributed by atoms with Crippen LogP contribution in [0.5, 0.6) is 5.75 Å². The number of rotatable bonds is 7. The third-order valence-corrected chi connectivity index (χ3v) is 9.25. The van der Waals surface area contributed by atoms with Gasteiger partial charge in [0.25, 0.3) is 10.1 Å². The fraction of sp³-hybridized carbons (Fsp3) is 0.625. The minimum atomic E-state index is -4.70. The van der Waals surface area contributed by atoms with Gasteiger partial charge in [0.1, 0.15) is 23.7 Å². The number of hydrogen-bond donors (Lipinski definition) is 1. The zero-order valence-corrected chi connectivity index (χ0v) is 19.3. The van der Waals surface area contributed by atoms with E-state index in [1.807, 2.05) is 0 Å². The number of hydrogen-bond acceptors (Lipinski definition) is 5. The molecule has 4 bridgehead atoms. The Morgan fingerprint density at radius 1 is 1.18 bits per heavy atom. The van der Waals surface area contributed by atoms with Gasteiger partial charge in [0.05, 0.1) is 11.1 Å². The van der Waals surface area contributed by atoms with E-state index in [1.165, 1.54) is 19.3 Å². The van der Waals surface area contributed by atoms with Gasteiger partial charge >= 0.3 is 12.1 Å². The molecule has 0 aliphatic heterocycles. The fourth-order valence-corrected chi connectivity index (χ4v) is 7.81. The predicted molar refractivity (Wildman–Crippen MR) is 116 cm³/mol. The topological polar surface area (TPSA) is 89.9 Å². The molecule has 0 radical (unpaired) electrons. The zero-order chi connectivity index (χ0) is 24.5. The standard InChI is InChI=1S/C24H27F3O6S/c1-2-23(12-16-10-18(23)21-14-4-3-13(9-14)20(16)21)33-19-11-15(5-6-17(19)24(25,26)27)22(28)32-7-8-34(29,30)31/h2,5-6,11,13-14,16,18,20-21H,1,3-4,7-10,12H2,(H,29,30,31). The summed E-state index contributed by atoms with van der Waals surface area (Å²) in [5, 5.41) is 0. The van der Waals surface area contributed by atoms with Gasteiger partial charge in [0.2, 0.25) is 0 Å². The number of benzene rings is 1. The number of fused-ring (bicyclic) bond motifs is 9. The van der Waals surface area contributed by atoms with Crippen LogP contribution in [0.1, 0.15) is 48.0 Å². The summed E-state index contributed by atoms with van der Waals surface area (Å²) in [4.78, 5) is 12.3. The highest BCUT2D eigenvalue weighted by molar-refractivity contribution is 7.85. The number of halogens is 3. The molecule has 7 unspecified atom stereocenters. The lowest BCUT2D eigenvalue weighted by Crippen LogP contribution is -2.47. The first kappa shape index (κ1) is 23.7. The van der Waals surface area contributed by atoms with Crippen LogP contribution < -0.4 is 4.74 Å². The molecule has 1 N–H and O–H groups in total. The molecule has 4 saturated carbocycles. The summed E-state index contributed by atoms with van der Waals surface area (Å²) in [6, 6.07) is 2.76. The molecule has 1 aromatic carbocycles. The maximum Gasteiger partial charge on any atom is 0.419 e. The summed E-state index contributed by atoms with van der Waals surface area (Å²) in [7, 11) is -4.34. The van der Waals surface area contributed by atoms with Gasteiger partial charge in [-0.2, -0.15) is 21.6 Å². The molecule has 10 heteroatoms. The van der Waals surface area contributed by atoms with Crippen LogP contribution in [0.3, 0.4) is 0 Å². The van der Waals surface area contributed by atoms with Crippen molar-refractivity contribution >= 4 is 16.1 Å². The Kier molecular flexibility index (Phi) is 5.55. The minimum Gasteiger partial charge on any atom is -0.482 e. The Morgan fingerprint density at radius 3 is 2.53 bits per heavy atom. The summed E-state index contributed by atoms with van der Waals surface area (Å²) >= 11 is 0. The van der Waals surface area contributed by atoms with Gasteiger partial charge in [-0.05, 0) is 86.0 Å². The van der Waals surface area contributed by atoms with Crippen LogP contribution >= 0.6 is 0 Å². The van der Waals surface area contributed by atoms with Gasteiger partial charge in [-0.15, -0.1) is 0 Å². The lowest BCUT2D eigenvalue weighted by molar-refractivity contribution is -0.140. The molecule has 0 saturated heterocycles. The molecule has 186 valence electrons. The van der Waals surface area contributed by atoms with Crippen molar-refractivity contribution in [3.8, 4) is 5.75 Å². The molecular formula is C24H27F3O6S. The van der Waals surface area contributed by atoms with Crippen molar-refractivity contribution in [3.63, 3.8) is 0 Å². The van der Waals surface area contributed by atoms with Crippen molar-refractivity contribution in [3.05, 3.63) is 42.0 Å². The largest absolute Gasteiger partial charge is 0.482 e. The van der Waals surface area contributed by atoms with Crippen LogP contribution in [0.2, 0.25) is 0 Å². The van der Waals surface area contributed by atoms with Crippen LogP contribution in [0, 0.1) is 35.5 Å². The summed E-state index contributed by atoms with van der Waals surface area (Å²) in [5.74, 6) is 0.632. The van der Waals surface area contributed by atoms with Crippen LogP contribution in [0.4, 0.5) is 13.2 Å². The Balaban J connectivity index is 1.42. The summed E-state index contributed by atoms with van der Waals surface area (Å²) in [5.41, 5.74) is -2.11. The Morgan fingerprint density at radius 2 is 1.88 bits per heavy atom. The van der Waals surface area contributed by atoms with Crippen molar-refractivity contribution in [2.24, 2.45) is 35.5 Å². The van der Waals surface area contributed by atoms with Crippen molar-refractivity contribution < 1.29 is 40.4 Å². The van der Waals surface area contributed by atoms with Crippen molar-refractivity contribution in [1.29, 1.82) is 0 Å². The minimum absolute atomic E-state index is 0.0988. The van der Waals surface area contributed by atoms with Gasteiger partial charge < -0.3 is 9.47 Å². The molecule has 0 heterocycles. The Hall–Kier alpha value is -2.07. The Labute approximate surface area is 196 Å². The van der Waals surface area contributed by atoms with E-state index in [0.29, 0.717) is 30.1 Å².